The Bertz CT molecular complexity index is 994. The summed E-state index contributed by atoms with van der Waals surface area (Å²) in [7, 11) is 0. The van der Waals surface area contributed by atoms with Crippen molar-refractivity contribution in [2.75, 3.05) is 6.61 Å². The Morgan fingerprint density at radius 2 is 1.19 bits per heavy atom. The Kier molecular flexibility index (Phi) is 7.79. The highest BCUT2D eigenvalue weighted by atomic mass is 16.6. The van der Waals surface area contributed by atoms with E-state index in [1.165, 1.54) is 0 Å². The molecule has 166 valence electrons. The lowest BCUT2D eigenvalue weighted by molar-refractivity contribution is -0.165. The fraction of sp³-hybridized carbons (Fsp3) is 0.259. The highest BCUT2D eigenvalue weighted by Crippen LogP contribution is 2.36. The predicted octanol–water partition coefficient (Wildman–Crippen LogP) is 5.68. The van der Waals surface area contributed by atoms with Crippen molar-refractivity contribution in [2.24, 2.45) is 0 Å². The van der Waals surface area contributed by atoms with E-state index in [4.69, 9.17) is 14.2 Å². The highest BCUT2D eigenvalue weighted by Gasteiger charge is 2.31. The van der Waals surface area contributed by atoms with E-state index < -0.39 is 29.7 Å². The number of hydrogen-bond acceptors (Lipinski definition) is 5. The molecule has 2 atom stereocenters. The standard InChI is InChI=1S/C27H28O5/c1-27(2,3)32-23(28)19-30-24(20-13-7-4-8-14-20)25(21-15-9-5-10-16-21)31-26(29)22-17-11-6-12-18-22/h4-18,24-25H,19H2,1-3H3/t24-,25-/m0/s1. The summed E-state index contributed by atoms with van der Waals surface area (Å²) >= 11 is 0. The zero-order valence-corrected chi connectivity index (χ0v) is 18.6. The Labute approximate surface area is 188 Å². The molecule has 3 rings (SSSR count). The second-order valence-corrected chi connectivity index (χ2v) is 8.33. The van der Waals surface area contributed by atoms with Crippen LogP contribution in [0, 0.1) is 0 Å². The Hall–Kier alpha value is -3.44. The SMILES string of the molecule is CC(C)(C)OC(=O)CO[C@@H](c1ccccc1)[C@@H](OC(=O)c1ccccc1)c1ccccc1. The van der Waals surface area contributed by atoms with Crippen LogP contribution < -0.4 is 0 Å². The lowest BCUT2D eigenvalue weighted by Crippen LogP contribution is -2.28. The van der Waals surface area contributed by atoms with E-state index in [1.807, 2.05) is 66.7 Å². The van der Waals surface area contributed by atoms with Crippen molar-refractivity contribution in [3.05, 3.63) is 108 Å². The third-order valence-electron chi connectivity index (χ3n) is 4.58. The molecule has 0 radical (unpaired) electrons. The zero-order chi connectivity index (χ0) is 23.0. The Balaban J connectivity index is 1.92. The molecule has 0 spiro atoms. The van der Waals surface area contributed by atoms with E-state index in [0.717, 1.165) is 11.1 Å². The van der Waals surface area contributed by atoms with Crippen LogP contribution in [-0.4, -0.2) is 24.1 Å². The van der Waals surface area contributed by atoms with Gasteiger partial charge in [0, 0.05) is 0 Å². The first-order valence-electron chi connectivity index (χ1n) is 10.5. The molecule has 5 nitrogen and oxygen atoms in total. The largest absolute Gasteiger partial charge is 0.458 e. The van der Waals surface area contributed by atoms with E-state index in [9.17, 15) is 9.59 Å². The summed E-state index contributed by atoms with van der Waals surface area (Å²) in [6, 6.07) is 27.6. The average Bonchev–Trinajstić information content (AvgIpc) is 2.79. The van der Waals surface area contributed by atoms with Crippen molar-refractivity contribution in [3.8, 4) is 0 Å². The topological polar surface area (TPSA) is 61.8 Å². The van der Waals surface area contributed by atoms with Gasteiger partial charge in [-0.15, -0.1) is 0 Å². The fourth-order valence-electron chi connectivity index (χ4n) is 3.23. The van der Waals surface area contributed by atoms with Gasteiger partial charge in [-0.1, -0.05) is 78.9 Å². The van der Waals surface area contributed by atoms with Crippen LogP contribution in [0.1, 0.15) is 54.5 Å². The lowest BCUT2D eigenvalue weighted by Gasteiger charge is -2.28. The molecule has 0 aromatic heterocycles. The molecular formula is C27H28O5. The summed E-state index contributed by atoms with van der Waals surface area (Å²) in [4.78, 5) is 25.3. The molecule has 5 heteroatoms. The average molecular weight is 433 g/mol. The molecule has 32 heavy (non-hydrogen) atoms. The van der Waals surface area contributed by atoms with Crippen LogP contribution in [0.4, 0.5) is 0 Å². The normalized spacial score (nSPS) is 13.1. The monoisotopic (exact) mass is 432 g/mol. The Morgan fingerprint density at radius 3 is 1.69 bits per heavy atom. The number of rotatable bonds is 8. The van der Waals surface area contributed by atoms with Gasteiger partial charge in [-0.25, -0.2) is 9.59 Å². The number of hydrogen-bond donors (Lipinski definition) is 0. The molecule has 0 saturated carbocycles. The summed E-state index contributed by atoms with van der Waals surface area (Å²) in [5, 5.41) is 0. The summed E-state index contributed by atoms with van der Waals surface area (Å²) in [6.07, 6.45) is -1.48. The van der Waals surface area contributed by atoms with Gasteiger partial charge >= 0.3 is 11.9 Å². The quantitative estimate of drug-likeness (QED) is 0.428. The number of ether oxygens (including phenoxy) is 3. The maximum absolute atomic E-state index is 12.9. The summed E-state index contributed by atoms with van der Waals surface area (Å²) in [6.45, 7) is 5.12. The van der Waals surface area contributed by atoms with E-state index in [2.05, 4.69) is 0 Å². The van der Waals surface area contributed by atoms with E-state index in [0.29, 0.717) is 5.56 Å². The van der Waals surface area contributed by atoms with Crippen LogP contribution in [0.2, 0.25) is 0 Å². The summed E-state index contributed by atoms with van der Waals surface area (Å²) in [5.74, 6) is -0.958. The van der Waals surface area contributed by atoms with Gasteiger partial charge < -0.3 is 14.2 Å². The predicted molar refractivity (Wildman–Crippen MR) is 122 cm³/mol. The molecule has 0 heterocycles. The smallest absolute Gasteiger partial charge is 0.338 e. The molecule has 0 saturated heterocycles. The minimum atomic E-state index is -0.770. The molecule has 0 aliphatic heterocycles. The van der Waals surface area contributed by atoms with Gasteiger partial charge in [0.25, 0.3) is 0 Å². The van der Waals surface area contributed by atoms with Gasteiger partial charge in [-0.3, -0.25) is 0 Å². The third-order valence-corrected chi connectivity index (χ3v) is 4.58. The third kappa shape index (κ3) is 6.79. The van der Waals surface area contributed by atoms with Gasteiger partial charge in [0.05, 0.1) is 5.56 Å². The summed E-state index contributed by atoms with van der Waals surface area (Å²) in [5.41, 5.74) is 1.36. The maximum Gasteiger partial charge on any atom is 0.338 e. The molecule has 0 N–H and O–H groups in total. The van der Waals surface area contributed by atoms with E-state index in [1.54, 1.807) is 45.0 Å². The number of benzene rings is 3. The van der Waals surface area contributed by atoms with Crippen molar-refractivity contribution in [1.29, 1.82) is 0 Å². The molecule has 0 aliphatic rings. The minimum absolute atomic E-state index is 0.275. The van der Waals surface area contributed by atoms with Crippen LogP contribution in [0.25, 0.3) is 0 Å². The zero-order valence-electron chi connectivity index (χ0n) is 18.6. The van der Waals surface area contributed by atoms with Crippen LogP contribution in [0.15, 0.2) is 91.0 Å². The van der Waals surface area contributed by atoms with Gasteiger partial charge in [-0.05, 0) is 44.0 Å². The number of carbonyl (C=O) groups excluding carboxylic acids is 2. The second kappa shape index (κ2) is 10.7. The lowest BCUT2D eigenvalue weighted by atomic mass is 9.97. The molecule has 0 unspecified atom stereocenters. The molecule has 0 bridgehead atoms. The summed E-state index contributed by atoms with van der Waals surface area (Å²) < 4.78 is 17.4. The fourth-order valence-corrected chi connectivity index (χ4v) is 3.23. The van der Waals surface area contributed by atoms with Crippen molar-refractivity contribution in [3.63, 3.8) is 0 Å². The first kappa shape index (κ1) is 23.2. The minimum Gasteiger partial charge on any atom is -0.458 e. The van der Waals surface area contributed by atoms with E-state index in [-0.39, 0.29) is 6.61 Å². The number of esters is 2. The Morgan fingerprint density at radius 1 is 0.719 bits per heavy atom. The van der Waals surface area contributed by atoms with Crippen LogP contribution >= 0.6 is 0 Å². The van der Waals surface area contributed by atoms with Gasteiger partial charge in [0.15, 0.2) is 6.10 Å². The number of carbonyl (C=O) groups is 2. The second-order valence-electron chi connectivity index (χ2n) is 8.33. The first-order chi connectivity index (χ1) is 15.3. The van der Waals surface area contributed by atoms with Crippen molar-refractivity contribution in [2.45, 2.75) is 38.6 Å². The van der Waals surface area contributed by atoms with Gasteiger partial charge in [-0.2, -0.15) is 0 Å². The first-order valence-corrected chi connectivity index (χ1v) is 10.5. The molecule has 3 aromatic rings. The molecule has 3 aromatic carbocycles. The molecule has 0 amide bonds. The highest BCUT2D eigenvalue weighted by molar-refractivity contribution is 5.89. The maximum atomic E-state index is 12.9. The van der Waals surface area contributed by atoms with Crippen LogP contribution in [-0.2, 0) is 19.0 Å². The molecular weight excluding hydrogens is 404 g/mol. The van der Waals surface area contributed by atoms with Crippen LogP contribution in [0.3, 0.4) is 0 Å². The van der Waals surface area contributed by atoms with E-state index >= 15 is 0 Å². The van der Waals surface area contributed by atoms with Crippen molar-refractivity contribution in [1.82, 2.24) is 0 Å². The molecule has 0 aliphatic carbocycles. The van der Waals surface area contributed by atoms with Crippen LogP contribution in [0.5, 0.6) is 0 Å². The van der Waals surface area contributed by atoms with Gasteiger partial charge in [0.1, 0.15) is 18.3 Å². The van der Waals surface area contributed by atoms with Crippen molar-refractivity contribution < 1.29 is 23.8 Å². The molecule has 0 fully saturated rings. The van der Waals surface area contributed by atoms with Gasteiger partial charge in [0.2, 0.25) is 0 Å². The van der Waals surface area contributed by atoms with Crippen molar-refractivity contribution >= 4 is 11.9 Å².